The summed E-state index contributed by atoms with van der Waals surface area (Å²) < 4.78 is 5.44. The minimum absolute atomic E-state index is 0.248. The van der Waals surface area contributed by atoms with E-state index in [1.54, 1.807) is 48.4 Å². The number of amides is 2. The monoisotopic (exact) mass is 456 g/mol. The minimum atomic E-state index is -0.455. The summed E-state index contributed by atoms with van der Waals surface area (Å²) in [5.74, 6) is -0.329. The number of nitrogens with zero attached hydrogens (tertiary/aromatic N) is 1. The van der Waals surface area contributed by atoms with Gasteiger partial charge in [0.25, 0.3) is 11.8 Å². The van der Waals surface area contributed by atoms with Gasteiger partial charge in [0.2, 0.25) is 0 Å². The van der Waals surface area contributed by atoms with Crippen molar-refractivity contribution >= 4 is 40.2 Å². The predicted molar refractivity (Wildman–Crippen MR) is 129 cm³/mol. The molecule has 164 valence electrons. The van der Waals surface area contributed by atoms with Gasteiger partial charge in [-0.15, -0.1) is 11.8 Å². The van der Waals surface area contributed by atoms with Gasteiger partial charge in [-0.05, 0) is 49.4 Å². The highest BCUT2D eigenvalue weighted by Gasteiger charge is 2.21. The number of fused-ring (bicyclic) bond motifs is 2. The molecule has 1 aliphatic rings. The maximum Gasteiger partial charge on any atom is 0.270 e. The fourth-order valence-corrected chi connectivity index (χ4v) is 4.54. The smallest absolute Gasteiger partial charge is 0.270 e. The lowest BCUT2D eigenvalue weighted by molar-refractivity contribution is 0.0847. The van der Waals surface area contributed by atoms with Crippen LogP contribution in [0.25, 0.3) is 22.4 Å². The lowest BCUT2D eigenvalue weighted by Gasteiger charge is -2.25. The van der Waals surface area contributed by atoms with Crippen molar-refractivity contribution in [2.75, 3.05) is 5.32 Å². The number of hydrogen-bond donors (Lipinski definition) is 3. The summed E-state index contributed by atoms with van der Waals surface area (Å²) >= 11 is 1.68. The van der Waals surface area contributed by atoms with E-state index in [0.29, 0.717) is 33.5 Å². The van der Waals surface area contributed by atoms with Crippen molar-refractivity contribution in [2.45, 2.75) is 17.1 Å². The number of furan rings is 1. The lowest BCUT2D eigenvalue weighted by atomic mass is 10.1. The number of pyridine rings is 1. The number of benzene rings is 2. The quantitative estimate of drug-likeness (QED) is 0.376. The summed E-state index contributed by atoms with van der Waals surface area (Å²) in [6.07, 6.45) is 1.55. The molecule has 0 unspecified atom stereocenters. The first-order valence-electron chi connectivity index (χ1n) is 10.3. The summed E-state index contributed by atoms with van der Waals surface area (Å²) in [7, 11) is 0. The largest absolute Gasteiger partial charge is 0.463 e. The molecule has 7 nitrogen and oxygen atoms in total. The van der Waals surface area contributed by atoms with Gasteiger partial charge >= 0.3 is 0 Å². The van der Waals surface area contributed by atoms with E-state index in [9.17, 15) is 9.59 Å². The van der Waals surface area contributed by atoms with E-state index in [1.165, 1.54) is 0 Å². The first kappa shape index (κ1) is 20.8. The topological polar surface area (TPSA) is 96.3 Å². The number of para-hydroxylation sites is 1. The van der Waals surface area contributed by atoms with Crippen LogP contribution < -0.4 is 16.2 Å². The van der Waals surface area contributed by atoms with Crippen LogP contribution in [-0.4, -0.2) is 22.0 Å². The van der Waals surface area contributed by atoms with Gasteiger partial charge < -0.3 is 9.73 Å². The number of rotatable bonds is 3. The van der Waals surface area contributed by atoms with Gasteiger partial charge in [0.15, 0.2) is 5.76 Å². The Morgan fingerprint density at radius 1 is 1.06 bits per heavy atom. The van der Waals surface area contributed by atoms with Crippen molar-refractivity contribution in [2.24, 2.45) is 0 Å². The molecule has 0 radical (unpaired) electrons. The first-order chi connectivity index (χ1) is 16.0. The van der Waals surface area contributed by atoms with Gasteiger partial charge in [0.05, 0.1) is 23.0 Å². The summed E-state index contributed by atoms with van der Waals surface area (Å²) in [6.45, 7) is 6.08. The molecule has 0 saturated carbocycles. The molecule has 2 amide bonds. The van der Waals surface area contributed by atoms with Crippen LogP contribution in [0.4, 0.5) is 5.69 Å². The van der Waals surface area contributed by atoms with Crippen LogP contribution in [0.2, 0.25) is 0 Å². The molecule has 2 aromatic heterocycles. The number of carbonyl (C=O) groups is 2. The highest BCUT2D eigenvalue weighted by molar-refractivity contribution is 8.00. The molecule has 0 fully saturated rings. The maximum atomic E-state index is 13.0. The summed E-state index contributed by atoms with van der Waals surface area (Å²) in [5.41, 5.74) is 8.70. The number of anilines is 1. The highest BCUT2D eigenvalue weighted by atomic mass is 32.2. The van der Waals surface area contributed by atoms with E-state index >= 15 is 0 Å². The molecule has 1 atom stereocenters. The zero-order chi connectivity index (χ0) is 22.9. The van der Waals surface area contributed by atoms with E-state index in [1.807, 2.05) is 30.3 Å². The van der Waals surface area contributed by atoms with Crippen LogP contribution in [0.3, 0.4) is 0 Å². The molecule has 3 N–H and O–H groups in total. The Bertz CT molecular complexity index is 1400. The second-order valence-corrected chi connectivity index (χ2v) is 8.96. The first-order valence-corrected chi connectivity index (χ1v) is 11.2. The van der Waals surface area contributed by atoms with Crippen LogP contribution in [0.5, 0.6) is 0 Å². The van der Waals surface area contributed by atoms with Crippen LogP contribution in [0.15, 0.2) is 88.5 Å². The Balaban J connectivity index is 1.37. The van der Waals surface area contributed by atoms with E-state index in [-0.39, 0.29) is 5.25 Å². The second-order valence-electron chi connectivity index (χ2n) is 7.58. The highest BCUT2D eigenvalue weighted by Crippen LogP contribution is 2.39. The predicted octanol–water partition coefficient (Wildman–Crippen LogP) is 4.99. The van der Waals surface area contributed by atoms with Gasteiger partial charge in [0.1, 0.15) is 5.69 Å². The molecule has 4 aromatic rings. The number of thioether (sulfide) groups is 1. The van der Waals surface area contributed by atoms with Gasteiger partial charge in [-0.1, -0.05) is 24.8 Å². The molecular formula is C25H20N4O3S. The van der Waals surface area contributed by atoms with Crippen LogP contribution >= 0.6 is 11.8 Å². The van der Waals surface area contributed by atoms with E-state index in [0.717, 1.165) is 16.3 Å². The normalized spacial score (nSPS) is 14.9. The zero-order valence-corrected chi connectivity index (χ0v) is 18.5. The Morgan fingerprint density at radius 2 is 1.88 bits per heavy atom. The van der Waals surface area contributed by atoms with Crippen molar-refractivity contribution in [3.8, 4) is 11.5 Å². The average Bonchev–Trinajstić information content (AvgIpc) is 3.37. The fourth-order valence-electron chi connectivity index (χ4n) is 3.57. The SMILES string of the molecule is C=C1Nc2cc(C(=O)NNC(=O)c3cc(-c4ccco4)nc4ccccc34)ccc2S[C@@H]1C. The Labute approximate surface area is 194 Å². The standard InChI is InChI=1S/C25H20N4O3S/c1-14-15(2)33-23-10-9-16(12-21(23)26-14)24(30)28-29-25(31)18-13-20(22-8-5-11-32-22)27-19-7-4-3-6-17(18)19/h3-13,15,26H,1H2,2H3,(H,28,30)(H,29,31)/t15-/m1/s1. The molecule has 3 heterocycles. The number of carbonyl (C=O) groups excluding carboxylic acids is 2. The molecular weight excluding hydrogens is 436 g/mol. The average molecular weight is 457 g/mol. The van der Waals surface area contributed by atoms with Crippen molar-refractivity contribution in [3.63, 3.8) is 0 Å². The Kier molecular flexibility index (Phi) is 5.35. The molecule has 0 aliphatic carbocycles. The zero-order valence-electron chi connectivity index (χ0n) is 17.7. The Hall–Kier alpha value is -4.04. The molecule has 0 bridgehead atoms. The minimum Gasteiger partial charge on any atom is -0.463 e. The number of nitrogens with one attached hydrogen (secondary N) is 3. The molecule has 0 spiro atoms. The van der Waals surface area contributed by atoms with E-state index in [4.69, 9.17) is 4.42 Å². The molecule has 33 heavy (non-hydrogen) atoms. The van der Waals surface area contributed by atoms with Crippen molar-refractivity contribution in [3.05, 3.63) is 90.3 Å². The van der Waals surface area contributed by atoms with Crippen LogP contribution in [-0.2, 0) is 0 Å². The van der Waals surface area contributed by atoms with E-state index in [2.05, 4.69) is 34.7 Å². The number of hydrazine groups is 1. The number of hydrogen-bond acceptors (Lipinski definition) is 6. The molecule has 0 saturated heterocycles. The van der Waals surface area contributed by atoms with Crippen LogP contribution in [0, 0.1) is 0 Å². The van der Waals surface area contributed by atoms with Crippen molar-refractivity contribution in [1.82, 2.24) is 15.8 Å². The lowest BCUT2D eigenvalue weighted by Crippen LogP contribution is -2.41. The molecule has 1 aliphatic heterocycles. The molecule has 5 rings (SSSR count). The van der Waals surface area contributed by atoms with Gasteiger partial charge in [-0.3, -0.25) is 20.4 Å². The van der Waals surface area contributed by atoms with Gasteiger partial charge in [-0.25, -0.2) is 4.98 Å². The summed E-state index contributed by atoms with van der Waals surface area (Å²) in [4.78, 5) is 31.4. The summed E-state index contributed by atoms with van der Waals surface area (Å²) in [6, 6.07) is 17.9. The summed E-state index contributed by atoms with van der Waals surface area (Å²) in [5, 5.41) is 4.15. The second kappa shape index (κ2) is 8.48. The Morgan fingerprint density at radius 3 is 2.70 bits per heavy atom. The number of aromatic nitrogens is 1. The third-order valence-electron chi connectivity index (χ3n) is 5.36. The van der Waals surface area contributed by atoms with Crippen LogP contribution in [0.1, 0.15) is 27.6 Å². The van der Waals surface area contributed by atoms with Gasteiger partial charge in [-0.2, -0.15) is 0 Å². The van der Waals surface area contributed by atoms with Gasteiger partial charge in [0, 0.05) is 26.8 Å². The van der Waals surface area contributed by atoms with Crippen molar-refractivity contribution < 1.29 is 14.0 Å². The third kappa shape index (κ3) is 4.08. The fraction of sp³-hybridized carbons (Fsp3) is 0.0800. The van der Waals surface area contributed by atoms with E-state index < -0.39 is 11.8 Å². The maximum absolute atomic E-state index is 13.0. The third-order valence-corrected chi connectivity index (χ3v) is 6.60. The molecule has 2 aromatic carbocycles. The molecule has 8 heteroatoms. The van der Waals surface area contributed by atoms with Crippen molar-refractivity contribution in [1.29, 1.82) is 0 Å².